The fourth-order valence-corrected chi connectivity index (χ4v) is 4.57. The number of alkyl halides is 3. The van der Waals surface area contributed by atoms with E-state index in [1.165, 1.54) is 15.8 Å². The highest BCUT2D eigenvalue weighted by Crippen LogP contribution is 2.29. The van der Waals surface area contributed by atoms with Crippen molar-refractivity contribution in [3.05, 3.63) is 52.9 Å². The Morgan fingerprint density at radius 2 is 1.93 bits per heavy atom. The lowest BCUT2D eigenvalue weighted by Crippen LogP contribution is -2.52. The van der Waals surface area contributed by atoms with Crippen molar-refractivity contribution in [1.29, 1.82) is 0 Å². The maximum Gasteiger partial charge on any atom is 0.490 e. The number of hydrogen-bond acceptors (Lipinski definition) is 8. The maximum absolute atomic E-state index is 13.0. The average Bonchev–Trinajstić information content (AvgIpc) is 3.52. The zero-order chi connectivity index (χ0) is 29.9. The Bertz CT molecular complexity index is 1420. The van der Waals surface area contributed by atoms with Gasteiger partial charge in [0.1, 0.15) is 6.04 Å². The van der Waals surface area contributed by atoms with E-state index in [1.54, 1.807) is 12.1 Å². The van der Waals surface area contributed by atoms with Gasteiger partial charge >= 0.3 is 12.1 Å². The van der Waals surface area contributed by atoms with Gasteiger partial charge in [-0.25, -0.2) is 9.48 Å². The second-order valence-corrected chi connectivity index (χ2v) is 9.66. The third-order valence-electron chi connectivity index (χ3n) is 6.64. The molecule has 1 atom stereocenters. The lowest BCUT2D eigenvalue weighted by atomic mass is 10.0. The third kappa shape index (κ3) is 6.95. The predicted octanol–water partition coefficient (Wildman–Crippen LogP) is 0.653. The molecule has 0 radical (unpaired) electrons. The molecule has 1 aromatic carbocycles. The Balaban J connectivity index is 0.000000493. The maximum atomic E-state index is 13.0. The molecule has 0 spiro atoms. The number of carboxylic acids is 1. The number of aromatic nitrogens is 3. The Morgan fingerprint density at radius 1 is 1.20 bits per heavy atom. The summed E-state index contributed by atoms with van der Waals surface area (Å²) in [6, 6.07) is 4.62. The minimum atomic E-state index is -5.08. The van der Waals surface area contributed by atoms with Gasteiger partial charge in [0.25, 0.3) is 11.8 Å². The van der Waals surface area contributed by atoms with Crippen LogP contribution in [-0.2, 0) is 20.9 Å². The molecule has 1 unspecified atom stereocenters. The highest BCUT2D eigenvalue weighted by Gasteiger charge is 2.39. The van der Waals surface area contributed by atoms with Gasteiger partial charge in [0, 0.05) is 38.2 Å². The molecule has 2 aromatic rings. The molecule has 41 heavy (non-hydrogen) atoms. The summed E-state index contributed by atoms with van der Waals surface area (Å²) in [5, 5.41) is 20.3. The number of fused-ring (bicyclic) bond motifs is 1. The van der Waals surface area contributed by atoms with Crippen molar-refractivity contribution in [2.24, 2.45) is 0 Å². The summed E-state index contributed by atoms with van der Waals surface area (Å²) in [7, 11) is 2.05. The number of benzene rings is 1. The number of likely N-dealkylation sites (N-methyl/N-ethyl adjacent to an activating group) is 1. The van der Waals surface area contributed by atoms with Gasteiger partial charge in [0.2, 0.25) is 11.8 Å². The molecule has 0 aliphatic carbocycles. The monoisotopic (exact) mass is 577 g/mol. The van der Waals surface area contributed by atoms with Crippen LogP contribution < -0.4 is 10.6 Å². The van der Waals surface area contributed by atoms with Crippen LogP contribution in [0.15, 0.2) is 36.0 Å². The van der Waals surface area contributed by atoms with Gasteiger partial charge in [-0.3, -0.25) is 24.5 Å². The Kier molecular flexibility index (Phi) is 8.51. The molecule has 16 heteroatoms. The van der Waals surface area contributed by atoms with Crippen molar-refractivity contribution in [2.45, 2.75) is 38.0 Å². The van der Waals surface area contributed by atoms with Crippen molar-refractivity contribution in [3.8, 4) is 5.69 Å². The molecule has 218 valence electrons. The molecule has 5 rings (SSSR count). The second kappa shape index (κ2) is 11.9. The van der Waals surface area contributed by atoms with Crippen LogP contribution in [0.25, 0.3) is 5.69 Å². The van der Waals surface area contributed by atoms with E-state index in [-0.39, 0.29) is 29.8 Å². The van der Waals surface area contributed by atoms with Gasteiger partial charge in [-0.15, -0.1) is 5.10 Å². The summed E-state index contributed by atoms with van der Waals surface area (Å²) >= 11 is 0. The smallest absolute Gasteiger partial charge is 0.475 e. The normalized spacial score (nSPS) is 19.1. The van der Waals surface area contributed by atoms with E-state index in [4.69, 9.17) is 9.90 Å². The molecule has 1 aromatic heterocycles. The molecule has 3 aliphatic rings. The number of carbonyl (C=O) groups is 5. The van der Waals surface area contributed by atoms with Gasteiger partial charge in [-0.2, -0.15) is 13.2 Å². The zero-order valence-electron chi connectivity index (χ0n) is 21.8. The summed E-state index contributed by atoms with van der Waals surface area (Å²) < 4.78 is 33.2. The van der Waals surface area contributed by atoms with Gasteiger partial charge in [-0.1, -0.05) is 17.4 Å². The first kappa shape index (κ1) is 29.4. The first-order valence-electron chi connectivity index (χ1n) is 12.5. The zero-order valence-corrected chi connectivity index (χ0v) is 21.8. The van der Waals surface area contributed by atoms with Gasteiger partial charge < -0.3 is 20.2 Å². The van der Waals surface area contributed by atoms with E-state index in [1.807, 2.05) is 13.1 Å². The Hall–Kier alpha value is -4.60. The van der Waals surface area contributed by atoms with Crippen LogP contribution in [0.2, 0.25) is 0 Å². The second-order valence-electron chi connectivity index (χ2n) is 9.66. The van der Waals surface area contributed by atoms with Gasteiger partial charge in [0.05, 0.1) is 11.9 Å². The molecule has 0 saturated carbocycles. The first-order valence-corrected chi connectivity index (χ1v) is 12.5. The van der Waals surface area contributed by atoms with Crippen LogP contribution in [0.5, 0.6) is 0 Å². The quantitative estimate of drug-likeness (QED) is 0.342. The summed E-state index contributed by atoms with van der Waals surface area (Å²) in [5.41, 5.74) is 3.19. The van der Waals surface area contributed by atoms with E-state index in [2.05, 4.69) is 31.9 Å². The highest BCUT2D eigenvalue weighted by atomic mass is 19.4. The molecule has 0 bridgehead atoms. The SMILES string of the molecule is CN1CCC=C(CNC(=O)c2cn(-c3ccc4c(c3)C(=O)N(C3CCC(=O)NC3=O)C4)nn2)C1.O=C(O)C(F)(F)F. The molecule has 3 N–H and O–H groups in total. The molecule has 3 aliphatic heterocycles. The first-order chi connectivity index (χ1) is 19.3. The van der Waals surface area contributed by atoms with Crippen molar-refractivity contribution in [2.75, 3.05) is 26.7 Å². The minimum Gasteiger partial charge on any atom is -0.475 e. The Morgan fingerprint density at radius 3 is 2.59 bits per heavy atom. The number of amides is 4. The number of carbonyl (C=O) groups excluding carboxylic acids is 4. The van der Waals surface area contributed by atoms with E-state index in [0.29, 0.717) is 30.8 Å². The molecular formula is C25H26F3N7O6. The van der Waals surface area contributed by atoms with Crippen molar-refractivity contribution in [3.63, 3.8) is 0 Å². The number of piperidine rings is 1. The van der Waals surface area contributed by atoms with Crippen LogP contribution in [0.3, 0.4) is 0 Å². The standard InChI is InChI=1S/C23H25N7O4.C2HF3O2/c1-28-8-2-3-14(11-28)10-24-21(32)18-13-30(27-26-18)16-5-4-15-12-29(23(34)17(15)9-16)19-6-7-20(31)25-22(19)33;3-2(4,5)1(6)7/h3-5,9,13,19H,2,6-8,10-12H2,1H3,(H,24,32)(H,25,31,33);(H,6,7). The number of carboxylic acid groups (broad SMARTS) is 1. The number of nitrogens with zero attached hydrogens (tertiary/aromatic N) is 5. The molecule has 4 amide bonds. The van der Waals surface area contributed by atoms with Crippen molar-refractivity contribution in [1.82, 2.24) is 35.4 Å². The van der Waals surface area contributed by atoms with E-state index >= 15 is 0 Å². The topological polar surface area (TPSA) is 167 Å². The average molecular weight is 578 g/mol. The number of rotatable bonds is 5. The van der Waals surface area contributed by atoms with E-state index < -0.39 is 24.1 Å². The largest absolute Gasteiger partial charge is 0.490 e. The summed E-state index contributed by atoms with van der Waals surface area (Å²) in [5.74, 6) is -4.11. The summed E-state index contributed by atoms with van der Waals surface area (Å²) in [4.78, 5) is 61.8. The van der Waals surface area contributed by atoms with Gasteiger partial charge in [-0.05, 0) is 43.2 Å². The number of nitrogens with one attached hydrogen (secondary N) is 2. The molecular weight excluding hydrogens is 551 g/mol. The lowest BCUT2D eigenvalue weighted by Gasteiger charge is -2.29. The fraction of sp³-hybridized carbons (Fsp3) is 0.400. The summed E-state index contributed by atoms with van der Waals surface area (Å²) in [6.45, 7) is 2.60. The van der Waals surface area contributed by atoms with Crippen molar-refractivity contribution < 1.29 is 42.3 Å². The van der Waals surface area contributed by atoms with Crippen molar-refractivity contribution >= 4 is 29.6 Å². The molecule has 4 heterocycles. The number of imide groups is 1. The van der Waals surface area contributed by atoms with Gasteiger partial charge in [0.15, 0.2) is 5.69 Å². The fourth-order valence-electron chi connectivity index (χ4n) is 4.57. The van der Waals surface area contributed by atoms with Crippen LogP contribution in [0, 0.1) is 0 Å². The van der Waals surface area contributed by atoms with Crippen LogP contribution in [0.1, 0.15) is 45.7 Å². The van der Waals surface area contributed by atoms with E-state index in [9.17, 15) is 32.3 Å². The minimum absolute atomic E-state index is 0.182. The predicted molar refractivity (Wildman–Crippen MR) is 134 cm³/mol. The van der Waals surface area contributed by atoms with Crippen LogP contribution >= 0.6 is 0 Å². The van der Waals surface area contributed by atoms with Crippen LogP contribution in [-0.4, -0.2) is 98.4 Å². The third-order valence-corrected chi connectivity index (χ3v) is 6.64. The summed E-state index contributed by atoms with van der Waals surface area (Å²) in [6.07, 6.45) is 0.0775. The Labute approximate surface area is 231 Å². The lowest BCUT2D eigenvalue weighted by molar-refractivity contribution is -0.192. The van der Waals surface area contributed by atoms with Crippen LogP contribution in [0.4, 0.5) is 13.2 Å². The number of halogens is 3. The number of hydrogen-bond donors (Lipinski definition) is 3. The highest BCUT2D eigenvalue weighted by molar-refractivity contribution is 6.05. The number of aliphatic carboxylic acids is 1. The molecule has 1 saturated heterocycles. The van der Waals surface area contributed by atoms with E-state index in [0.717, 1.165) is 30.6 Å². The molecule has 13 nitrogen and oxygen atoms in total. The molecule has 1 fully saturated rings.